The zero-order chi connectivity index (χ0) is 13.4. The molecule has 1 aromatic rings. The molecule has 0 aliphatic carbocycles. The largest absolute Gasteiger partial charge is 0.313 e. The monoisotopic (exact) mass is 243 g/mol. The van der Waals surface area contributed by atoms with Crippen LogP contribution >= 0.6 is 0 Å². The molecule has 0 heterocycles. The van der Waals surface area contributed by atoms with Crippen LogP contribution in [0.25, 0.3) is 0 Å². The molecule has 0 spiro atoms. The van der Waals surface area contributed by atoms with Crippen LogP contribution in [0.2, 0.25) is 0 Å². The molecular weight excluding hydrogens is 218 g/mol. The molecule has 1 nitrogen and oxygen atoms in total. The molecule has 3 atom stereocenters. The van der Waals surface area contributed by atoms with Gasteiger partial charge in [0.05, 0.1) is 0 Å². The molecule has 3 unspecified atom stereocenters. The summed E-state index contributed by atoms with van der Waals surface area (Å²) in [6, 6.07) is 11.1. The first kappa shape index (κ1) is 14.8. The van der Waals surface area contributed by atoms with Gasteiger partial charge in [-0.25, -0.2) is 0 Å². The summed E-state index contributed by atoms with van der Waals surface area (Å²) in [7, 11) is 0. The van der Waals surface area contributed by atoms with E-state index in [1.165, 1.54) is 12.0 Å². The third-order valence-electron chi connectivity index (χ3n) is 3.68. The molecule has 0 bridgehead atoms. The van der Waals surface area contributed by atoms with Crippen LogP contribution in [-0.2, 0) is 0 Å². The van der Waals surface area contributed by atoms with Gasteiger partial charge in [0.15, 0.2) is 0 Å². The van der Waals surface area contributed by atoms with Crippen LogP contribution < -0.4 is 5.32 Å². The van der Waals surface area contributed by atoms with Crippen molar-refractivity contribution in [1.82, 2.24) is 5.32 Å². The lowest BCUT2D eigenvalue weighted by molar-refractivity contribution is 0.342. The summed E-state index contributed by atoms with van der Waals surface area (Å²) < 4.78 is 0. The van der Waals surface area contributed by atoms with Crippen LogP contribution in [0.4, 0.5) is 0 Å². The second-order valence-corrected chi connectivity index (χ2v) is 4.89. The number of terminal acetylenes is 1. The lowest BCUT2D eigenvalue weighted by Gasteiger charge is -2.31. The highest BCUT2D eigenvalue weighted by atomic mass is 14.9. The molecule has 1 aromatic carbocycles. The highest BCUT2D eigenvalue weighted by Gasteiger charge is 2.26. The van der Waals surface area contributed by atoms with E-state index in [-0.39, 0.29) is 0 Å². The van der Waals surface area contributed by atoms with Crippen LogP contribution in [-0.4, -0.2) is 12.6 Å². The van der Waals surface area contributed by atoms with E-state index in [1.807, 2.05) is 0 Å². The summed E-state index contributed by atoms with van der Waals surface area (Å²) in [5.74, 6) is 3.94. The summed E-state index contributed by atoms with van der Waals surface area (Å²) in [6.07, 6.45) is 7.49. The first-order chi connectivity index (χ1) is 8.74. The fourth-order valence-corrected chi connectivity index (χ4v) is 2.60. The van der Waals surface area contributed by atoms with Crippen LogP contribution in [0.5, 0.6) is 0 Å². The highest BCUT2D eigenvalue weighted by Crippen LogP contribution is 2.31. The Bertz CT molecular complexity index is 363. The van der Waals surface area contributed by atoms with Gasteiger partial charge in [0.2, 0.25) is 0 Å². The van der Waals surface area contributed by atoms with Crippen molar-refractivity contribution in [1.29, 1.82) is 0 Å². The van der Waals surface area contributed by atoms with Gasteiger partial charge in [-0.3, -0.25) is 0 Å². The lowest BCUT2D eigenvalue weighted by atomic mass is 9.79. The van der Waals surface area contributed by atoms with Crippen molar-refractivity contribution in [2.24, 2.45) is 5.92 Å². The molecule has 18 heavy (non-hydrogen) atoms. The fraction of sp³-hybridized carbons (Fsp3) is 0.529. The van der Waals surface area contributed by atoms with Crippen LogP contribution in [0.1, 0.15) is 45.1 Å². The highest BCUT2D eigenvalue weighted by molar-refractivity contribution is 5.23. The van der Waals surface area contributed by atoms with Crippen molar-refractivity contribution in [3.05, 3.63) is 35.9 Å². The van der Waals surface area contributed by atoms with Gasteiger partial charge in [-0.1, -0.05) is 57.5 Å². The molecule has 1 heteroatoms. The molecule has 0 saturated heterocycles. The second kappa shape index (κ2) is 7.95. The molecule has 1 N–H and O–H groups in total. The quantitative estimate of drug-likeness (QED) is 0.718. The van der Waals surface area contributed by atoms with Crippen molar-refractivity contribution in [2.75, 3.05) is 6.54 Å². The molecular formula is C17H25N. The first-order valence-electron chi connectivity index (χ1n) is 6.96. The molecule has 0 fully saturated rings. The van der Waals surface area contributed by atoms with Gasteiger partial charge in [0.1, 0.15) is 0 Å². The molecule has 0 aliphatic heterocycles. The van der Waals surface area contributed by atoms with E-state index in [0.29, 0.717) is 17.9 Å². The summed E-state index contributed by atoms with van der Waals surface area (Å²) >= 11 is 0. The molecule has 0 amide bonds. The minimum atomic E-state index is 0.373. The van der Waals surface area contributed by atoms with Crippen molar-refractivity contribution >= 4 is 0 Å². The summed E-state index contributed by atoms with van der Waals surface area (Å²) in [6.45, 7) is 7.67. The first-order valence-corrected chi connectivity index (χ1v) is 6.96. The summed E-state index contributed by atoms with van der Waals surface area (Å²) in [5.41, 5.74) is 1.40. The molecule has 0 aliphatic rings. The van der Waals surface area contributed by atoms with Crippen LogP contribution in [0.15, 0.2) is 30.3 Å². The van der Waals surface area contributed by atoms with E-state index in [9.17, 15) is 0 Å². The van der Waals surface area contributed by atoms with E-state index in [4.69, 9.17) is 6.42 Å². The average molecular weight is 243 g/mol. The minimum Gasteiger partial charge on any atom is -0.313 e. The molecule has 0 radical (unpaired) electrons. The Kier molecular flexibility index (Phi) is 6.54. The second-order valence-electron chi connectivity index (χ2n) is 4.89. The number of hydrogen-bond acceptors (Lipinski definition) is 1. The number of hydrogen-bond donors (Lipinski definition) is 1. The van der Waals surface area contributed by atoms with Gasteiger partial charge < -0.3 is 5.32 Å². The smallest absolute Gasteiger partial charge is 0.0248 e. The molecule has 0 saturated carbocycles. The maximum absolute atomic E-state index is 5.53. The van der Waals surface area contributed by atoms with Crippen molar-refractivity contribution in [3.63, 3.8) is 0 Å². The summed E-state index contributed by atoms with van der Waals surface area (Å²) in [5, 5.41) is 3.55. The number of benzene rings is 1. The maximum atomic E-state index is 5.53. The van der Waals surface area contributed by atoms with Crippen molar-refractivity contribution < 1.29 is 0 Å². The Labute approximate surface area is 112 Å². The third-order valence-corrected chi connectivity index (χ3v) is 3.68. The Hall–Kier alpha value is -1.26. The van der Waals surface area contributed by atoms with Crippen LogP contribution in [0.3, 0.4) is 0 Å². The number of likely N-dealkylation sites (N-methyl/N-ethyl adjacent to an activating group) is 1. The van der Waals surface area contributed by atoms with Gasteiger partial charge in [0.25, 0.3) is 0 Å². The average Bonchev–Trinajstić information content (AvgIpc) is 2.40. The van der Waals surface area contributed by atoms with Crippen molar-refractivity contribution in [3.8, 4) is 12.3 Å². The van der Waals surface area contributed by atoms with E-state index >= 15 is 0 Å². The fourth-order valence-electron chi connectivity index (χ4n) is 2.60. The Morgan fingerprint density at radius 3 is 2.39 bits per heavy atom. The predicted molar refractivity (Wildman–Crippen MR) is 79.6 cm³/mol. The lowest BCUT2D eigenvalue weighted by Crippen LogP contribution is -2.37. The summed E-state index contributed by atoms with van der Waals surface area (Å²) in [4.78, 5) is 0. The van der Waals surface area contributed by atoms with E-state index < -0.39 is 0 Å². The zero-order valence-corrected chi connectivity index (χ0v) is 11.8. The van der Waals surface area contributed by atoms with Gasteiger partial charge in [-0.2, -0.15) is 0 Å². The standard InChI is InChI=1S/C17H25N/c1-5-11-16(18-7-3)17(14(4)6-2)15-12-9-8-10-13-15/h1,8-10,12-14,16-18H,6-7,11H2,2-4H3. The van der Waals surface area contributed by atoms with Gasteiger partial charge in [0, 0.05) is 18.4 Å². The predicted octanol–water partition coefficient (Wildman–Crippen LogP) is 3.82. The van der Waals surface area contributed by atoms with Crippen LogP contribution in [0, 0.1) is 18.3 Å². The third kappa shape index (κ3) is 3.89. The number of rotatable bonds is 7. The van der Waals surface area contributed by atoms with E-state index in [1.54, 1.807) is 0 Å². The minimum absolute atomic E-state index is 0.373. The number of nitrogens with one attached hydrogen (secondary N) is 1. The van der Waals surface area contributed by atoms with Gasteiger partial charge in [-0.05, 0) is 18.0 Å². The van der Waals surface area contributed by atoms with E-state index in [2.05, 4.69) is 62.3 Å². The maximum Gasteiger partial charge on any atom is 0.0248 e. The Morgan fingerprint density at radius 1 is 1.22 bits per heavy atom. The normalized spacial score (nSPS) is 15.7. The molecule has 0 aromatic heterocycles. The topological polar surface area (TPSA) is 12.0 Å². The van der Waals surface area contributed by atoms with E-state index in [0.717, 1.165) is 13.0 Å². The molecule has 98 valence electrons. The Balaban J connectivity index is 3.00. The van der Waals surface area contributed by atoms with Gasteiger partial charge in [-0.15, -0.1) is 12.3 Å². The molecule has 1 rings (SSSR count). The SMILES string of the molecule is C#CCC(NCC)C(c1ccccc1)C(C)CC. The van der Waals surface area contributed by atoms with Gasteiger partial charge >= 0.3 is 0 Å². The zero-order valence-electron chi connectivity index (χ0n) is 11.8. The Morgan fingerprint density at radius 2 is 1.89 bits per heavy atom. The van der Waals surface area contributed by atoms with Crippen molar-refractivity contribution in [2.45, 2.75) is 45.6 Å².